The number of hydrogen-bond acceptors (Lipinski definition) is 2. The summed E-state index contributed by atoms with van der Waals surface area (Å²) in [6.07, 6.45) is 0. The van der Waals surface area contributed by atoms with Gasteiger partial charge in [0.1, 0.15) is 5.82 Å². The molecule has 2 aromatic rings. The van der Waals surface area contributed by atoms with E-state index < -0.39 is 0 Å². The Hall–Kier alpha value is -0.900. The van der Waals surface area contributed by atoms with E-state index in [0.717, 1.165) is 5.56 Å². The number of nitrogens with one attached hydrogen (secondary N) is 1. The predicted octanol–water partition coefficient (Wildman–Crippen LogP) is 4.16. The maximum absolute atomic E-state index is 13.0. The Morgan fingerprint density at radius 3 is 2.59 bits per heavy atom. The van der Waals surface area contributed by atoms with Crippen LogP contribution in [0.25, 0.3) is 0 Å². The molecule has 0 saturated heterocycles. The molecule has 0 saturated carbocycles. The summed E-state index contributed by atoms with van der Waals surface area (Å²) < 4.78 is 13.0. The molecule has 17 heavy (non-hydrogen) atoms. The lowest BCUT2D eigenvalue weighted by Crippen LogP contribution is -2.16. The smallest absolute Gasteiger partial charge is 0.124 e. The number of hydrogen-bond donors (Lipinski definition) is 1. The highest BCUT2D eigenvalue weighted by Gasteiger charge is 2.16. The zero-order valence-electron chi connectivity index (χ0n) is 9.63. The maximum Gasteiger partial charge on any atom is 0.124 e. The molecule has 1 aromatic heterocycles. The van der Waals surface area contributed by atoms with Crippen molar-refractivity contribution in [1.82, 2.24) is 5.32 Å². The van der Waals surface area contributed by atoms with Gasteiger partial charge >= 0.3 is 0 Å². The fourth-order valence-corrected chi connectivity index (χ4v) is 3.08. The molecule has 0 aliphatic carbocycles. The van der Waals surface area contributed by atoms with Gasteiger partial charge in [0.2, 0.25) is 0 Å². The summed E-state index contributed by atoms with van der Waals surface area (Å²) in [5.41, 5.74) is 0.900. The average molecular weight is 270 g/mol. The van der Waals surface area contributed by atoms with E-state index in [9.17, 15) is 4.39 Å². The quantitative estimate of drug-likeness (QED) is 0.882. The average Bonchev–Trinajstić information content (AvgIpc) is 2.69. The van der Waals surface area contributed by atoms with Crippen molar-refractivity contribution in [2.24, 2.45) is 0 Å². The Morgan fingerprint density at radius 2 is 2.06 bits per heavy atom. The highest BCUT2D eigenvalue weighted by molar-refractivity contribution is 7.12. The summed E-state index contributed by atoms with van der Waals surface area (Å²) in [5, 5.41) is 3.67. The van der Waals surface area contributed by atoms with Crippen molar-refractivity contribution < 1.29 is 4.39 Å². The molecule has 90 valence electrons. The van der Waals surface area contributed by atoms with Crippen LogP contribution in [0.1, 0.15) is 21.4 Å². The first-order chi connectivity index (χ1) is 8.11. The normalized spacial score (nSPS) is 12.7. The molecule has 1 unspecified atom stereocenters. The lowest BCUT2D eigenvalue weighted by molar-refractivity contribution is 0.624. The van der Waals surface area contributed by atoms with Crippen LogP contribution in [0.2, 0.25) is 5.02 Å². The molecule has 4 heteroatoms. The highest BCUT2D eigenvalue weighted by atomic mass is 35.5. The molecular weight excluding hydrogens is 257 g/mol. The van der Waals surface area contributed by atoms with E-state index in [1.165, 1.54) is 21.9 Å². The summed E-state index contributed by atoms with van der Waals surface area (Å²) in [6.45, 7) is 2.06. The topological polar surface area (TPSA) is 12.0 Å². The van der Waals surface area contributed by atoms with Crippen molar-refractivity contribution in [1.29, 1.82) is 0 Å². The zero-order chi connectivity index (χ0) is 12.4. The van der Waals surface area contributed by atoms with Crippen LogP contribution in [0.15, 0.2) is 30.3 Å². The molecule has 0 amide bonds. The van der Waals surface area contributed by atoms with Crippen molar-refractivity contribution in [3.8, 4) is 0 Å². The van der Waals surface area contributed by atoms with E-state index in [4.69, 9.17) is 11.6 Å². The van der Waals surface area contributed by atoms with Gasteiger partial charge in [-0.1, -0.05) is 17.7 Å². The van der Waals surface area contributed by atoms with Crippen LogP contribution >= 0.6 is 22.9 Å². The first kappa shape index (κ1) is 12.6. The molecule has 1 N–H and O–H groups in total. The van der Waals surface area contributed by atoms with Crippen LogP contribution in [0.5, 0.6) is 0 Å². The van der Waals surface area contributed by atoms with E-state index in [-0.39, 0.29) is 11.9 Å². The first-order valence-electron chi connectivity index (χ1n) is 5.30. The maximum atomic E-state index is 13.0. The Bertz CT molecular complexity index is 524. The van der Waals surface area contributed by atoms with Crippen molar-refractivity contribution in [3.05, 3.63) is 56.5 Å². The third-order valence-corrected chi connectivity index (χ3v) is 4.00. The number of benzene rings is 1. The minimum absolute atomic E-state index is 0.0156. The number of aryl methyl sites for hydroxylation is 1. The second-order valence-corrected chi connectivity index (χ2v) is 5.56. The van der Waals surface area contributed by atoms with E-state index >= 15 is 0 Å². The second kappa shape index (κ2) is 5.17. The molecule has 2 rings (SSSR count). The number of rotatable bonds is 3. The molecular formula is C13H13ClFNS. The van der Waals surface area contributed by atoms with Gasteiger partial charge in [0.15, 0.2) is 0 Å². The Balaban J connectivity index is 2.42. The fourth-order valence-electron chi connectivity index (χ4n) is 1.80. The Labute approximate surface area is 109 Å². The summed E-state index contributed by atoms with van der Waals surface area (Å²) in [7, 11) is 1.87. The molecule has 0 radical (unpaired) electrons. The second-order valence-electron chi connectivity index (χ2n) is 3.84. The van der Waals surface area contributed by atoms with Crippen LogP contribution in [-0.2, 0) is 0 Å². The first-order valence-corrected chi connectivity index (χ1v) is 6.50. The summed E-state index contributed by atoms with van der Waals surface area (Å²) in [4.78, 5) is 2.43. The van der Waals surface area contributed by atoms with Crippen LogP contribution < -0.4 is 5.32 Å². The SMILES string of the molecule is CNC(c1ccc(C)s1)c1ccc(F)cc1Cl. The highest BCUT2D eigenvalue weighted by Crippen LogP contribution is 2.32. The standard InChI is InChI=1S/C13H13ClFNS/c1-8-3-6-12(17-8)13(16-2)10-5-4-9(15)7-11(10)14/h3-7,13,16H,1-2H3. The zero-order valence-corrected chi connectivity index (χ0v) is 11.2. The third-order valence-electron chi connectivity index (χ3n) is 2.61. The van der Waals surface area contributed by atoms with Gasteiger partial charge < -0.3 is 5.32 Å². The van der Waals surface area contributed by atoms with Crippen molar-refractivity contribution >= 4 is 22.9 Å². The van der Waals surface area contributed by atoms with Crippen LogP contribution in [0, 0.1) is 12.7 Å². The van der Waals surface area contributed by atoms with Gasteiger partial charge in [0, 0.05) is 14.8 Å². The number of halogens is 2. The summed E-state index contributed by atoms with van der Waals surface area (Å²) >= 11 is 7.80. The lowest BCUT2D eigenvalue weighted by atomic mass is 10.1. The van der Waals surface area contributed by atoms with Crippen LogP contribution in [-0.4, -0.2) is 7.05 Å². The minimum Gasteiger partial charge on any atom is -0.309 e. The summed E-state index contributed by atoms with van der Waals surface area (Å²) in [6, 6.07) is 8.67. The molecule has 0 bridgehead atoms. The molecule has 1 atom stereocenters. The van der Waals surface area contributed by atoms with E-state index in [0.29, 0.717) is 5.02 Å². The van der Waals surface area contributed by atoms with Gasteiger partial charge in [-0.3, -0.25) is 0 Å². The van der Waals surface area contributed by atoms with Gasteiger partial charge in [-0.05, 0) is 43.8 Å². The molecule has 1 heterocycles. The van der Waals surface area contributed by atoms with Gasteiger partial charge in [-0.15, -0.1) is 11.3 Å². The lowest BCUT2D eigenvalue weighted by Gasteiger charge is -2.16. The number of thiophene rings is 1. The monoisotopic (exact) mass is 269 g/mol. The molecule has 0 aliphatic heterocycles. The van der Waals surface area contributed by atoms with Crippen molar-refractivity contribution in [3.63, 3.8) is 0 Å². The molecule has 0 fully saturated rings. The van der Waals surface area contributed by atoms with Crippen LogP contribution in [0.3, 0.4) is 0 Å². The third kappa shape index (κ3) is 2.68. The molecule has 1 nitrogen and oxygen atoms in total. The van der Waals surface area contributed by atoms with Crippen LogP contribution in [0.4, 0.5) is 4.39 Å². The van der Waals surface area contributed by atoms with Gasteiger partial charge in [-0.2, -0.15) is 0 Å². The van der Waals surface area contributed by atoms with Crippen molar-refractivity contribution in [2.75, 3.05) is 7.05 Å². The molecule has 0 spiro atoms. The minimum atomic E-state index is -0.309. The Morgan fingerprint density at radius 1 is 1.29 bits per heavy atom. The molecule has 1 aromatic carbocycles. The fraction of sp³-hybridized carbons (Fsp3) is 0.231. The Kier molecular flexibility index (Phi) is 3.82. The van der Waals surface area contributed by atoms with Gasteiger partial charge in [0.25, 0.3) is 0 Å². The van der Waals surface area contributed by atoms with E-state index in [1.807, 2.05) is 7.05 Å². The predicted molar refractivity (Wildman–Crippen MR) is 71.4 cm³/mol. The van der Waals surface area contributed by atoms with Gasteiger partial charge in [-0.25, -0.2) is 4.39 Å². The van der Waals surface area contributed by atoms with Gasteiger partial charge in [0.05, 0.1) is 6.04 Å². The largest absolute Gasteiger partial charge is 0.309 e. The van der Waals surface area contributed by atoms with E-state index in [1.54, 1.807) is 17.4 Å². The van der Waals surface area contributed by atoms with Crippen molar-refractivity contribution in [2.45, 2.75) is 13.0 Å². The van der Waals surface area contributed by atoms with E-state index in [2.05, 4.69) is 24.4 Å². The molecule has 0 aliphatic rings. The summed E-state index contributed by atoms with van der Waals surface area (Å²) in [5.74, 6) is -0.309.